The van der Waals surface area contributed by atoms with E-state index in [1.807, 2.05) is 6.07 Å². The maximum atomic E-state index is 13.0. The van der Waals surface area contributed by atoms with Crippen LogP contribution in [0.15, 0.2) is 29.1 Å². The van der Waals surface area contributed by atoms with Gasteiger partial charge in [-0.3, -0.25) is 14.4 Å². The SMILES string of the molecule is CCNC(=O)c1ccc2c(cc1=O)C(NC(C)=O)CCc1cc(OC)c(OC)c(OC)c1-2. The number of rotatable bonds is 6. The monoisotopic (exact) mass is 440 g/mol. The number of methoxy groups -OCH3 is 3. The van der Waals surface area contributed by atoms with E-state index >= 15 is 0 Å². The highest BCUT2D eigenvalue weighted by Gasteiger charge is 2.29. The molecule has 2 aromatic carbocycles. The number of ether oxygens (including phenoxy) is 3. The van der Waals surface area contributed by atoms with E-state index in [1.165, 1.54) is 33.3 Å². The molecule has 8 heteroatoms. The summed E-state index contributed by atoms with van der Waals surface area (Å²) in [7, 11) is 4.62. The summed E-state index contributed by atoms with van der Waals surface area (Å²) in [6, 6.07) is 6.15. The maximum absolute atomic E-state index is 13.0. The van der Waals surface area contributed by atoms with Crippen molar-refractivity contribution in [1.82, 2.24) is 10.6 Å². The van der Waals surface area contributed by atoms with Crippen molar-refractivity contribution in [2.75, 3.05) is 27.9 Å². The van der Waals surface area contributed by atoms with Crippen LogP contribution in [0.25, 0.3) is 11.1 Å². The van der Waals surface area contributed by atoms with E-state index in [1.54, 1.807) is 20.1 Å². The van der Waals surface area contributed by atoms with Gasteiger partial charge in [0.2, 0.25) is 11.7 Å². The predicted octanol–water partition coefficient (Wildman–Crippen LogP) is 2.61. The van der Waals surface area contributed by atoms with Crippen LogP contribution < -0.4 is 30.3 Å². The van der Waals surface area contributed by atoms with Gasteiger partial charge in [-0.05, 0) is 54.7 Å². The van der Waals surface area contributed by atoms with Crippen molar-refractivity contribution in [1.29, 1.82) is 0 Å². The number of carbonyl (C=O) groups excluding carboxylic acids is 2. The van der Waals surface area contributed by atoms with Crippen molar-refractivity contribution in [2.24, 2.45) is 0 Å². The van der Waals surface area contributed by atoms with Gasteiger partial charge in [-0.15, -0.1) is 0 Å². The Hall–Kier alpha value is -3.55. The van der Waals surface area contributed by atoms with Gasteiger partial charge in [0.1, 0.15) is 0 Å². The molecule has 1 unspecified atom stereocenters. The van der Waals surface area contributed by atoms with Gasteiger partial charge in [-0.25, -0.2) is 0 Å². The second kappa shape index (κ2) is 9.72. The van der Waals surface area contributed by atoms with Crippen LogP contribution in [0.3, 0.4) is 0 Å². The van der Waals surface area contributed by atoms with Crippen molar-refractivity contribution in [3.63, 3.8) is 0 Å². The Bertz CT molecular complexity index is 1110. The lowest BCUT2D eigenvalue weighted by Gasteiger charge is -2.19. The van der Waals surface area contributed by atoms with Gasteiger partial charge in [0.25, 0.3) is 5.91 Å². The molecule has 8 nitrogen and oxygen atoms in total. The van der Waals surface area contributed by atoms with Gasteiger partial charge in [0.15, 0.2) is 16.9 Å². The lowest BCUT2D eigenvalue weighted by atomic mass is 9.95. The second-order valence-electron chi connectivity index (χ2n) is 7.46. The van der Waals surface area contributed by atoms with Gasteiger partial charge in [-0.2, -0.15) is 0 Å². The highest BCUT2D eigenvalue weighted by Crippen LogP contribution is 2.50. The number of amides is 2. The van der Waals surface area contributed by atoms with Crippen LogP contribution >= 0.6 is 0 Å². The molecule has 2 amide bonds. The molecule has 0 bridgehead atoms. The average molecular weight is 440 g/mol. The molecule has 2 N–H and O–H groups in total. The highest BCUT2D eigenvalue weighted by molar-refractivity contribution is 5.94. The maximum Gasteiger partial charge on any atom is 0.255 e. The van der Waals surface area contributed by atoms with E-state index in [-0.39, 0.29) is 11.5 Å². The number of nitrogens with one attached hydrogen (secondary N) is 2. The summed E-state index contributed by atoms with van der Waals surface area (Å²) in [6.45, 7) is 3.62. The minimum absolute atomic E-state index is 0.0301. The average Bonchev–Trinajstić information content (AvgIpc) is 3.01. The van der Waals surface area contributed by atoms with E-state index in [0.717, 1.165) is 11.1 Å². The quantitative estimate of drug-likeness (QED) is 0.716. The van der Waals surface area contributed by atoms with Crippen LogP contribution in [0.4, 0.5) is 0 Å². The first-order chi connectivity index (χ1) is 15.4. The molecule has 2 aromatic rings. The first-order valence-corrected chi connectivity index (χ1v) is 10.4. The number of fused-ring (bicyclic) bond motifs is 3. The van der Waals surface area contributed by atoms with Crippen molar-refractivity contribution in [3.05, 3.63) is 51.2 Å². The second-order valence-corrected chi connectivity index (χ2v) is 7.46. The molecule has 0 radical (unpaired) electrons. The Morgan fingerprint density at radius 3 is 2.38 bits per heavy atom. The van der Waals surface area contributed by atoms with Crippen molar-refractivity contribution in [2.45, 2.75) is 32.7 Å². The van der Waals surface area contributed by atoms with Crippen molar-refractivity contribution < 1.29 is 23.8 Å². The van der Waals surface area contributed by atoms with Gasteiger partial charge < -0.3 is 24.8 Å². The Labute approximate surface area is 186 Å². The molecular weight excluding hydrogens is 412 g/mol. The van der Waals surface area contributed by atoms with Crippen molar-refractivity contribution in [3.8, 4) is 28.4 Å². The fourth-order valence-electron chi connectivity index (χ4n) is 4.15. The number of carbonyl (C=O) groups is 2. The molecule has 0 saturated carbocycles. The number of hydrogen-bond donors (Lipinski definition) is 2. The molecule has 1 aliphatic rings. The van der Waals surface area contributed by atoms with Crippen LogP contribution in [0.1, 0.15) is 47.8 Å². The third-order valence-electron chi connectivity index (χ3n) is 5.50. The Morgan fingerprint density at radius 2 is 1.78 bits per heavy atom. The summed E-state index contributed by atoms with van der Waals surface area (Å²) >= 11 is 0. The summed E-state index contributed by atoms with van der Waals surface area (Å²) in [4.78, 5) is 37.4. The Morgan fingerprint density at radius 1 is 1.06 bits per heavy atom. The summed E-state index contributed by atoms with van der Waals surface area (Å²) in [5, 5.41) is 5.61. The van der Waals surface area contributed by atoms with E-state index in [4.69, 9.17) is 14.2 Å². The minimum atomic E-state index is -0.446. The topological polar surface area (TPSA) is 103 Å². The molecule has 32 heavy (non-hydrogen) atoms. The van der Waals surface area contributed by atoms with Crippen LogP contribution in [-0.4, -0.2) is 39.7 Å². The number of benzene rings is 1. The molecule has 1 aliphatic carbocycles. The van der Waals surface area contributed by atoms with E-state index < -0.39 is 17.4 Å². The summed E-state index contributed by atoms with van der Waals surface area (Å²) < 4.78 is 16.8. The predicted molar refractivity (Wildman–Crippen MR) is 121 cm³/mol. The standard InChI is InChI=1S/C24H28N2O6/c1-6-25-24(29)16-9-8-15-17(12-19(16)28)18(26-13(2)27)10-7-14-11-20(30-3)22(31-4)23(32-5)21(14)15/h8-9,11-12,18H,6-7,10H2,1-5H3,(H,25,29)(H,26,27). The molecule has 0 aromatic heterocycles. The van der Waals surface area contributed by atoms with Crippen LogP contribution in [-0.2, 0) is 11.2 Å². The number of aryl methyl sites for hydroxylation is 1. The van der Waals surface area contributed by atoms with Gasteiger partial charge >= 0.3 is 0 Å². The van der Waals surface area contributed by atoms with Crippen molar-refractivity contribution >= 4 is 11.8 Å². The minimum Gasteiger partial charge on any atom is -0.493 e. The largest absolute Gasteiger partial charge is 0.493 e. The smallest absolute Gasteiger partial charge is 0.255 e. The zero-order valence-electron chi connectivity index (χ0n) is 19.0. The Kier molecular flexibility index (Phi) is 7.02. The van der Waals surface area contributed by atoms with Crippen LogP contribution in [0, 0.1) is 0 Å². The molecule has 0 fully saturated rings. The fourth-order valence-corrected chi connectivity index (χ4v) is 4.15. The summed E-state index contributed by atoms with van der Waals surface area (Å²) in [5.41, 5.74) is 2.57. The first-order valence-electron chi connectivity index (χ1n) is 10.4. The van der Waals surface area contributed by atoms with Gasteiger partial charge in [0.05, 0.1) is 32.9 Å². The van der Waals surface area contributed by atoms with Crippen LogP contribution in [0.5, 0.6) is 17.2 Å². The zero-order valence-corrected chi connectivity index (χ0v) is 19.0. The molecular formula is C24H28N2O6. The third-order valence-corrected chi connectivity index (χ3v) is 5.50. The highest BCUT2D eigenvalue weighted by atomic mass is 16.5. The first kappa shape index (κ1) is 23.1. The molecule has 170 valence electrons. The molecule has 0 spiro atoms. The summed E-state index contributed by atoms with van der Waals surface area (Å²) in [6.07, 6.45) is 1.16. The molecule has 3 rings (SSSR count). The van der Waals surface area contributed by atoms with Gasteiger partial charge in [-0.1, -0.05) is 6.07 Å². The van der Waals surface area contributed by atoms with E-state index in [0.29, 0.717) is 47.8 Å². The molecule has 1 atom stereocenters. The summed E-state index contributed by atoms with van der Waals surface area (Å²) in [5.74, 6) is 0.755. The van der Waals surface area contributed by atoms with Gasteiger partial charge in [0, 0.05) is 19.0 Å². The fraction of sp³-hybridized carbons (Fsp3) is 0.375. The molecule has 0 heterocycles. The lowest BCUT2D eigenvalue weighted by Crippen LogP contribution is -2.28. The molecule has 0 aliphatic heterocycles. The van der Waals surface area contributed by atoms with E-state index in [9.17, 15) is 14.4 Å². The van der Waals surface area contributed by atoms with Crippen LogP contribution in [0.2, 0.25) is 0 Å². The van der Waals surface area contributed by atoms with E-state index in [2.05, 4.69) is 10.6 Å². The Balaban J connectivity index is 2.40. The normalized spacial score (nSPS) is 14.3. The number of hydrogen-bond acceptors (Lipinski definition) is 6. The lowest BCUT2D eigenvalue weighted by molar-refractivity contribution is -0.119. The zero-order chi connectivity index (χ0) is 23.4. The third kappa shape index (κ3) is 4.26. The molecule has 0 saturated heterocycles.